The molecule has 0 heterocycles. The van der Waals surface area contributed by atoms with E-state index in [4.69, 9.17) is 32.7 Å². The molecule has 4 aliphatic carbocycles. The zero-order chi connectivity index (χ0) is 22.5. The summed E-state index contributed by atoms with van der Waals surface area (Å²) in [6.45, 7) is 1.09. The maximum atomic E-state index is 11.0. The number of benzene rings is 2. The molecule has 6 rings (SSSR count). The smallest absolute Gasteiger partial charge is 0.175 e. The minimum Gasteiger partial charge on any atom is -0.493 e. The predicted octanol–water partition coefficient (Wildman–Crippen LogP) is 6.52. The number of ether oxygens (including phenoxy) is 2. The van der Waals surface area contributed by atoms with Crippen LogP contribution in [0.25, 0.3) is 0 Å². The third-order valence-electron chi connectivity index (χ3n) is 7.35. The molecule has 2 aromatic rings. The van der Waals surface area contributed by atoms with Gasteiger partial charge in [-0.15, -0.1) is 0 Å². The molecular weight excluding hydrogens is 513 g/mol. The van der Waals surface area contributed by atoms with Gasteiger partial charge in [0, 0.05) is 12.1 Å². The standard InChI is InChI=1S/C25H28BrCl2NO3/c1-31-22-7-16(5-19(26)23(22)32-13-15-2-3-20(27)21(28)6-15)12-29-24-8-17-4-18(9-24)11-25(30,10-17)14-24/h2-3,5-7,17-18,29-30H,4,8-14H2,1H3. The largest absolute Gasteiger partial charge is 0.493 e. The lowest BCUT2D eigenvalue weighted by Gasteiger charge is -2.60. The number of nitrogens with one attached hydrogen (secondary N) is 1. The van der Waals surface area contributed by atoms with Crippen molar-refractivity contribution in [3.63, 3.8) is 0 Å². The first kappa shape index (κ1) is 22.8. The van der Waals surface area contributed by atoms with Crippen LogP contribution in [0.1, 0.15) is 49.7 Å². The van der Waals surface area contributed by atoms with Crippen LogP contribution in [0, 0.1) is 11.8 Å². The van der Waals surface area contributed by atoms with Gasteiger partial charge in [-0.3, -0.25) is 0 Å². The van der Waals surface area contributed by atoms with Gasteiger partial charge in [-0.05, 0) is 102 Å². The predicted molar refractivity (Wildman–Crippen MR) is 131 cm³/mol. The minimum atomic E-state index is -0.461. The molecule has 4 nitrogen and oxygen atoms in total. The molecule has 0 saturated heterocycles. The summed E-state index contributed by atoms with van der Waals surface area (Å²) in [7, 11) is 1.65. The second kappa shape index (κ2) is 8.66. The molecule has 4 fully saturated rings. The lowest BCUT2D eigenvalue weighted by atomic mass is 9.51. The van der Waals surface area contributed by atoms with Crippen LogP contribution in [0.4, 0.5) is 0 Å². The SMILES string of the molecule is COc1cc(CNC23CC4CC(CC(O)(C4)C2)C3)cc(Br)c1OCc1ccc(Cl)c(Cl)c1. The van der Waals surface area contributed by atoms with Gasteiger partial charge in [0.1, 0.15) is 6.61 Å². The van der Waals surface area contributed by atoms with Crippen molar-refractivity contribution in [2.45, 2.75) is 62.8 Å². The first-order chi connectivity index (χ1) is 15.3. The second-order valence-electron chi connectivity index (χ2n) is 9.97. The Kier molecular flexibility index (Phi) is 6.17. The van der Waals surface area contributed by atoms with Gasteiger partial charge in [0.2, 0.25) is 0 Å². The number of methoxy groups -OCH3 is 1. The number of hydrogen-bond donors (Lipinski definition) is 2. The van der Waals surface area contributed by atoms with E-state index in [0.717, 1.165) is 41.4 Å². The highest BCUT2D eigenvalue weighted by molar-refractivity contribution is 9.10. The molecule has 0 amide bonds. The van der Waals surface area contributed by atoms with Gasteiger partial charge in [0.25, 0.3) is 0 Å². The van der Waals surface area contributed by atoms with Crippen LogP contribution >= 0.6 is 39.1 Å². The lowest BCUT2D eigenvalue weighted by Crippen LogP contribution is -2.64. The van der Waals surface area contributed by atoms with E-state index < -0.39 is 5.60 Å². The summed E-state index contributed by atoms with van der Waals surface area (Å²) in [5.74, 6) is 2.66. The normalized spacial score (nSPS) is 30.5. The fraction of sp³-hybridized carbons (Fsp3) is 0.520. The van der Waals surface area contributed by atoms with Gasteiger partial charge in [-0.25, -0.2) is 0 Å². The van der Waals surface area contributed by atoms with E-state index >= 15 is 0 Å². The van der Waals surface area contributed by atoms with Crippen LogP contribution in [0.2, 0.25) is 10.0 Å². The Morgan fingerprint density at radius 2 is 1.81 bits per heavy atom. The molecule has 2 atom stereocenters. The maximum absolute atomic E-state index is 11.0. The van der Waals surface area contributed by atoms with Crippen LogP contribution in [-0.2, 0) is 13.2 Å². The molecule has 32 heavy (non-hydrogen) atoms. The van der Waals surface area contributed by atoms with Crippen molar-refractivity contribution in [3.8, 4) is 11.5 Å². The Labute approximate surface area is 207 Å². The van der Waals surface area contributed by atoms with E-state index in [-0.39, 0.29) is 5.54 Å². The topological polar surface area (TPSA) is 50.7 Å². The average Bonchev–Trinajstić information content (AvgIpc) is 2.72. The number of halogens is 3. The van der Waals surface area contributed by atoms with Gasteiger partial charge in [0.15, 0.2) is 11.5 Å². The fourth-order valence-electron chi connectivity index (χ4n) is 6.51. The van der Waals surface area contributed by atoms with Crippen molar-refractivity contribution in [3.05, 3.63) is 56.0 Å². The molecule has 4 saturated carbocycles. The van der Waals surface area contributed by atoms with Crippen LogP contribution in [0.3, 0.4) is 0 Å². The lowest BCUT2D eigenvalue weighted by molar-refractivity contribution is -0.142. The van der Waals surface area contributed by atoms with Crippen molar-refractivity contribution < 1.29 is 14.6 Å². The van der Waals surface area contributed by atoms with E-state index in [9.17, 15) is 5.11 Å². The summed E-state index contributed by atoms with van der Waals surface area (Å²) in [6.07, 6.45) is 6.48. The Hall–Kier alpha value is -0.980. The van der Waals surface area contributed by atoms with Crippen LogP contribution < -0.4 is 14.8 Å². The number of rotatable bonds is 7. The van der Waals surface area contributed by atoms with Crippen molar-refractivity contribution in [2.75, 3.05) is 7.11 Å². The first-order valence-electron chi connectivity index (χ1n) is 11.2. The molecule has 0 spiro atoms. The van der Waals surface area contributed by atoms with Gasteiger partial charge in [-0.1, -0.05) is 29.3 Å². The summed E-state index contributed by atoms with van der Waals surface area (Å²) in [5, 5.41) is 15.9. The zero-order valence-corrected chi connectivity index (χ0v) is 21.2. The quantitative estimate of drug-likeness (QED) is 0.420. The molecular formula is C25H28BrCl2NO3. The Morgan fingerprint density at radius 1 is 1.06 bits per heavy atom. The highest BCUT2D eigenvalue weighted by Crippen LogP contribution is 2.57. The molecule has 0 radical (unpaired) electrons. The van der Waals surface area contributed by atoms with E-state index in [1.165, 1.54) is 19.3 Å². The summed E-state index contributed by atoms with van der Waals surface area (Å²) < 4.78 is 12.5. The van der Waals surface area contributed by atoms with Crippen molar-refractivity contribution in [1.29, 1.82) is 0 Å². The van der Waals surface area contributed by atoms with Gasteiger partial charge >= 0.3 is 0 Å². The molecule has 0 aromatic heterocycles. The minimum absolute atomic E-state index is 0.0571. The molecule has 0 aliphatic heterocycles. The van der Waals surface area contributed by atoms with E-state index in [1.54, 1.807) is 13.2 Å². The Bertz CT molecular complexity index is 1020. The maximum Gasteiger partial charge on any atom is 0.175 e. The molecule has 172 valence electrons. The summed E-state index contributed by atoms with van der Waals surface area (Å²) >= 11 is 15.8. The molecule has 2 unspecified atom stereocenters. The van der Waals surface area contributed by atoms with E-state index in [1.807, 2.05) is 18.2 Å². The van der Waals surface area contributed by atoms with Gasteiger partial charge < -0.3 is 19.9 Å². The van der Waals surface area contributed by atoms with E-state index in [2.05, 4.69) is 27.3 Å². The highest BCUT2D eigenvalue weighted by Gasteiger charge is 2.56. The summed E-state index contributed by atoms with van der Waals surface area (Å²) in [4.78, 5) is 0. The fourth-order valence-corrected chi connectivity index (χ4v) is 7.44. The second-order valence-corrected chi connectivity index (χ2v) is 11.6. The van der Waals surface area contributed by atoms with Gasteiger partial charge in [0.05, 0.1) is 27.2 Å². The Morgan fingerprint density at radius 3 is 2.47 bits per heavy atom. The number of aliphatic hydroxyl groups is 1. The third kappa shape index (κ3) is 4.52. The van der Waals surface area contributed by atoms with E-state index in [0.29, 0.717) is 40.0 Å². The molecule has 7 heteroatoms. The summed E-state index contributed by atoms with van der Waals surface area (Å²) in [6, 6.07) is 9.57. The van der Waals surface area contributed by atoms with Crippen molar-refractivity contribution in [2.24, 2.45) is 11.8 Å². The summed E-state index contributed by atoms with van der Waals surface area (Å²) in [5.41, 5.74) is 1.65. The van der Waals surface area contributed by atoms with Crippen molar-refractivity contribution >= 4 is 39.1 Å². The van der Waals surface area contributed by atoms with Gasteiger partial charge in [-0.2, -0.15) is 0 Å². The van der Waals surface area contributed by atoms with Crippen LogP contribution in [0.5, 0.6) is 11.5 Å². The van der Waals surface area contributed by atoms with Crippen LogP contribution in [0.15, 0.2) is 34.8 Å². The molecule has 4 bridgehead atoms. The number of hydrogen-bond acceptors (Lipinski definition) is 4. The van der Waals surface area contributed by atoms with Crippen LogP contribution in [-0.4, -0.2) is 23.4 Å². The Balaban J connectivity index is 1.28. The monoisotopic (exact) mass is 539 g/mol. The molecule has 2 aromatic carbocycles. The zero-order valence-electron chi connectivity index (χ0n) is 18.1. The average molecular weight is 541 g/mol. The van der Waals surface area contributed by atoms with Crippen molar-refractivity contribution in [1.82, 2.24) is 5.32 Å². The molecule has 2 N–H and O–H groups in total. The molecule has 4 aliphatic rings. The third-order valence-corrected chi connectivity index (χ3v) is 8.68. The highest BCUT2D eigenvalue weighted by atomic mass is 79.9. The first-order valence-corrected chi connectivity index (χ1v) is 12.7.